The van der Waals surface area contributed by atoms with Crippen LogP contribution in [0.3, 0.4) is 0 Å². The van der Waals surface area contributed by atoms with Gasteiger partial charge in [-0.15, -0.1) is 0 Å². The second-order valence-electron chi connectivity index (χ2n) is 4.92. The molecule has 1 aromatic carbocycles. The summed E-state index contributed by atoms with van der Waals surface area (Å²) in [6.07, 6.45) is 1.80. The first-order valence-electron chi connectivity index (χ1n) is 6.27. The summed E-state index contributed by atoms with van der Waals surface area (Å²) >= 11 is 6.04. The fraction of sp³-hybridized carbons (Fsp3) is 0.500. The Labute approximate surface area is 112 Å². The number of hydrogen-bond donors (Lipinski definition) is 1. The molecule has 4 heteroatoms. The first-order valence-corrected chi connectivity index (χ1v) is 6.65. The Bertz CT molecular complexity index is 441. The van der Waals surface area contributed by atoms with Crippen molar-refractivity contribution in [2.24, 2.45) is 0 Å². The van der Waals surface area contributed by atoms with Gasteiger partial charge in [-0.25, -0.2) is 0 Å². The topological polar surface area (TPSA) is 40.5 Å². The molecule has 0 aliphatic carbocycles. The molecule has 2 rings (SSSR count). The number of rotatable bonds is 4. The minimum atomic E-state index is -0.653. The number of hydrogen-bond acceptors (Lipinski definition) is 2. The predicted molar refractivity (Wildman–Crippen MR) is 71.6 cm³/mol. The monoisotopic (exact) mass is 267 g/mol. The highest BCUT2D eigenvalue weighted by atomic mass is 35.5. The van der Waals surface area contributed by atoms with Gasteiger partial charge in [0.2, 0.25) is 5.91 Å². The highest BCUT2D eigenvalue weighted by Crippen LogP contribution is 2.25. The first kappa shape index (κ1) is 13.4. The van der Waals surface area contributed by atoms with Crippen LogP contribution in [0.25, 0.3) is 0 Å². The lowest BCUT2D eigenvalue weighted by Crippen LogP contribution is -2.63. The van der Waals surface area contributed by atoms with Crippen molar-refractivity contribution in [2.75, 3.05) is 13.1 Å². The van der Waals surface area contributed by atoms with Crippen LogP contribution in [0.15, 0.2) is 24.3 Å². The summed E-state index contributed by atoms with van der Waals surface area (Å²) in [6, 6.07) is 7.57. The number of aliphatic hydroxyl groups is 1. The zero-order valence-electron chi connectivity index (χ0n) is 10.5. The summed E-state index contributed by atoms with van der Waals surface area (Å²) in [4.78, 5) is 13.6. The summed E-state index contributed by atoms with van der Waals surface area (Å²) in [5.41, 5.74) is 0.346. The number of nitrogens with zero attached hydrogens (tertiary/aromatic N) is 1. The lowest BCUT2D eigenvalue weighted by molar-refractivity contribution is -0.155. The molecule has 0 unspecified atom stereocenters. The van der Waals surface area contributed by atoms with Crippen LogP contribution < -0.4 is 0 Å². The molecule has 0 saturated carbocycles. The van der Waals surface area contributed by atoms with Gasteiger partial charge in [0.25, 0.3) is 0 Å². The third-order valence-corrected chi connectivity index (χ3v) is 3.92. The molecule has 1 aromatic rings. The Balaban J connectivity index is 1.82. The molecule has 18 heavy (non-hydrogen) atoms. The number of likely N-dealkylation sites (tertiary alicyclic amines) is 1. The first-order chi connectivity index (χ1) is 8.54. The SMILES string of the molecule is CCC1(O)CN(C(=O)CCc2ccccc2Cl)C1. The highest BCUT2D eigenvalue weighted by molar-refractivity contribution is 6.31. The van der Waals surface area contributed by atoms with Crippen molar-refractivity contribution in [1.82, 2.24) is 4.90 Å². The number of amides is 1. The number of carbonyl (C=O) groups is 1. The Morgan fingerprint density at radius 2 is 2.11 bits per heavy atom. The van der Waals surface area contributed by atoms with Crippen molar-refractivity contribution in [2.45, 2.75) is 31.8 Å². The molecule has 0 bridgehead atoms. The molecule has 0 radical (unpaired) electrons. The molecule has 1 heterocycles. The van der Waals surface area contributed by atoms with Crippen molar-refractivity contribution >= 4 is 17.5 Å². The van der Waals surface area contributed by atoms with E-state index in [0.29, 0.717) is 37.4 Å². The van der Waals surface area contributed by atoms with Gasteiger partial charge in [-0.05, 0) is 24.5 Å². The van der Waals surface area contributed by atoms with Crippen molar-refractivity contribution in [1.29, 1.82) is 0 Å². The lowest BCUT2D eigenvalue weighted by atomic mass is 9.91. The molecule has 98 valence electrons. The highest BCUT2D eigenvalue weighted by Gasteiger charge is 2.41. The van der Waals surface area contributed by atoms with Gasteiger partial charge >= 0.3 is 0 Å². The van der Waals surface area contributed by atoms with Gasteiger partial charge in [0.15, 0.2) is 0 Å². The van der Waals surface area contributed by atoms with Gasteiger partial charge in [0, 0.05) is 11.4 Å². The number of aryl methyl sites for hydroxylation is 1. The minimum absolute atomic E-state index is 0.0908. The maximum Gasteiger partial charge on any atom is 0.223 e. The molecular formula is C14H18ClNO2. The number of β-amino-alcohol motifs (C(OH)–C–C–N with tert-alkyl or cyclic N) is 1. The van der Waals surface area contributed by atoms with E-state index in [1.807, 2.05) is 31.2 Å². The Hall–Kier alpha value is -1.06. The third kappa shape index (κ3) is 2.85. The van der Waals surface area contributed by atoms with Crippen LogP contribution in [0.1, 0.15) is 25.3 Å². The fourth-order valence-corrected chi connectivity index (χ4v) is 2.40. The largest absolute Gasteiger partial charge is 0.386 e. The van der Waals surface area contributed by atoms with E-state index in [2.05, 4.69) is 0 Å². The second kappa shape index (κ2) is 5.29. The molecule has 1 saturated heterocycles. The summed E-state index contributed by atoms with van der Waals surface area (Å²) in [5, 5.41) is 10.6. The van der Waals surface area contributed by atoms with Gasteiger partial charge < -0.3 is 10.0 Å². The number of halogens is 1. The second-order valence-corrected chi connectivity index (χ2v) is 5.33. The molecule has 0 spiro atoms. The van der Waals surface area contributed by atoms with Crippen LogP contribution >= 0.6 is 11.6 Å². The molecule has 1 aliphatic heterocycles. The average Bonchev–Trinajstić information content (AvgIpc) is 2.33. The van der Waals surface area contributed by atoms with Gasteiger partial charge in [0.1, 0.15) is 0 Å². The summed E-state index contributed by atoms with van der Waals surface area (Å²) in [6.45, 7) is 2.86. The quantitative estimate of drug-likeness (QED) is 0.909. The Morgan fingerprint density at radius 3 is 2.72 bits per heavy atom. The van der Waals surface area contributed by atoms with Crippen molar-refractivity contribution < 1.29 is 9.90 Å². The van der Waals surface area contributed by atoms with Crippen LogP contribution in [0.2, 0.25) is 5.02 Å². The van der Waals surface area contributed by atoms with Crippen molar-refractivity contribution in [3.8, 4) is 0 Å². The van der Waals surface area contributed by atoms with Crippen LogP contribution in [0.5, 0.6) is 0 Å². The van der Waals surface area contributed by atoms with Gasteiger partial charge in [-0.1, -0.05) is 36.7 Å². The van der Waals surface area contributed by atoms with Gasteiger partial charge in [-0.3, -0.25) is 4.79 Å². The maximum atomic E-state index is 11.9. The van der Waals surface area contributed by atoms with Crippen molar-refractivity contribution in [3.05, 3.63) is 34.9 Å². The summed E-state index contributed by atoms with van der Waals surface area (Å²) in [7, 11) is 0. The summed E-state index contributed by atoms with van der Waals surface area (Å²) in [5.74, 6) is 0.0908. The average molecular weight is 268 g/mol. The zero-order chi connectivity index (χ0) is 13.2. The fourth-order valence-electron chi connectivity index (χ4n) is 2.17. The number of benzene rings is 1. The molecule has 1 fully saturated rings. The lowest BCUT2D eigenvalue weighted by Gasteiger charge is -2.46. The standard InChI is InChI=1S/C14H18ClNO2/c1-2-14(18)9-16(10-14)13(17)8-7-11-5-3-4-6-12(11)15/h3-6,18H,2,7-10H2,1H3. The summed E-state index contributed by atoms with van der Waals surface area (Å²) < 4.78 is 0. The van der Waals surface area contributed by atoms with E-state index in [1.165, 1.54) is 0 Å². The van der Waals surface area contributed by atoms with E-state index in [-0.39, 0.29) is 5.91 Å². The normalized spacial score (nSPS) is 17.4. The van der Waals surface area contributed by atoms with E-state index in [1.54, 1.807) is 4.90 Å². The zero-order valence-corrected chi connectivity index (χ0v) is 11.3. The van der Waals surface area contributed by atoms with E-state index < -0.39 is 5.60 Å². The third-order valence-electron chi connectivity index (χ3n) is 3.55. The molecule has 0 atom stereocenters. The molecule has 1 N–H and O–H groups in total. The van der Waals surface area contributed by atoms with Crippen LogP contribution in [0.4, 0.5) is 0 Å². The van der Waals surface area contributed by atoms with E-state index in [0.717, 1.165) is 5.56 Å². The van der Waals surface area contributed by atoms with Gasteiger partial charge in [0.05, 0.1) is 18.7 Å². The minimum Gasteiger partial charge on any atom is -0.386 e. The Morgan fingerprint density at radius 1 is 1.44 bits per heavy atom. The van der Waals surface area contributed by atoms with Gasteiger partial charge in [-0.2, -0.15) is 0 Å². The van der Waals surface area contributed by atoms with Crippen LogP contribution in [0, 0.1) is 0 Å². The van der Waals surface area contributed by atoms with Crippen LogP contribution in [-0.4, -0.2) is 34.6 Å². The van der Waals surface area contributed by atoms with Crippen molar-refractivity contribution in [3.63, 3.8) is 0 Å². The molecular weight excluding hydrogens is 250 g/mol. The maximum absolute atomic E-state index is 11.9. The Kier molecular flexibility index (Phi) is 3.93. The molecule has 0 aromatic heterocycles. The smallest absolute Gasteiger partial charge is 0.223 e. The van der Waals surface area contributed by atoms with E-state index >= 15 is 0 Å². The van der Waals surface area contributed by atoms with Crippen LogP contribution in [-0.2, 0) is 11.2 Å². The molecule has 1 amide bonds. The predicted octanol–water partition coefficient (Wildman–Crippen LogP) is 2.26. The molecule has 3 nitrogen and oxygen atoms in total. The molecule has 1 aliphatic rings. The number of carbonyl (C=O) groups excluding carboxylic acids is 1. The van der Waals surface area contributed by atoms with E-state index in [4.69, 9.17) is 11.6 Å². The van der Waals surface area contributed by atoms with E-state index in [9.17, 15) is 9.90 Å².